The zero-order valence-electron chi connectivity index (χ0n) is 13.0. The lowest BCUT2D eigenvalue weighted by Crippen LogP contribution is -2.16. The molecule has 2 aromatic rings. The monoisotopic (exact) mass is 471 g/mol. The number of non-ortho nitro benzene ring substituents is 1. The lowest BCUT2D eigenvalue weighted by molar-refractivity contribution is -0.384. The van der Waals surface area contributed by atoms with Crippen LogP contribution in [0, 0.1) is 10.1 Å². The number of nitro groups is 1. The molecule has 0 aromatic heterocycles. The number of rotatable bonds is 6. The van der Waals surface area contributed by atoms with Gasteiger partial charge in [-0.3, -0.25) is 10.1 Å². The van der Waals surface area contributed by atoms with Crippen LogP contribution in [-0.4, -0.2) is 25.1 Å². The van der Waals surface area contributed by atoms with Crippen LogP contribution in [0.4, 0.5) is 5.69 Å². The molecule has 0 aliphatic carbocycles. The molecule has 2 rings (SSSR count). The zero-order valence-corrected chi connectivity index (χ0v) is 16.9. The number of nitrogens with two attached hydrogens (primary N) is 1. The number of nitro benzene ring substituents is 1. The normalized spacial score (nSPS) is 12.1. The predicted molar refractivity (Wildman–Crippen MR) is 104 cm³/mol. The van der Waals surface area contributed by atoms with E-state index in [1.54, 1.807) is 0 Å². The summed E-state index contributed by atoms with van der Waals surface area (Å²) < 4.78 is 33.1. The van der Waals surface area contributed by atoms with E-state index in [-0.39, 0.29) is 48.9 Å². The van der Waals surface area contributed by atoms with Crippen LogP contribution in [0.5, 0.6) is 11.5 Å². The SMILES string of the molecule is N/C(CCl)=N\S(=O)(=O)c1cc(Cl)c(Oc2ccc([N+](=O)[O-])cc2Cl)c(Cl)c1. The summed E-state index contributed by atoms with van der Waals surface area (Å²) in [4.78, 5) is 9.79. The molecule has 0 atom stereocenters. The van der Waals surface area contributed by atoms with Gasteiger partial charge in [-0.15, -0.1) is 16.0 Å². The summed E-state index contributed by atoms with van der Waals surface area (Å²) in [6.45, 7) is 0. The Bertz CT molecular complexity index is 1020. The van der Waals surface area contributed by atoms with Gasteiger partial charge in [-0.1, -0.05) is 34.8 Å². The van der Waals surface area contributed by atoms with Gasteiger partial charge in [-0.25, -0.2) is 0 Å². The molecule has 2 N–H and O–H groups in total. The number of amidine groups is 1. The van der Waals surface area contributed by atoms with E-state index in [0.717, 1.165) is 18.2 Å². The molecule has 27 heavy (non-hydrogen) atoms. The zero-order chi connectivity index (χ0) is 20.4. The highest BCUT2D eigenvalue weighted by Crippen LogP contribution is 2.41. The Balaban J connectivity index is 2.43. The molecule has 0 aliphatic rings. The number of alkyl halides is 1. The minimum Gasteiger partial charge on any atom is -0.453 e. The van der Waals surface area contributed by atoms with Crippen LogP contribution in [-0.2, 0) is 10.0 Å². The Kier molecular flexibility index (Phi) is 6.77. The molecular weight excluding hydrogens is 464 g/mol. The molecule has 8 nitrogen and oxygen atoms in total. The van der Waals surface area contributed by atoms with Gasteiger partial charge in [0, 0.05) is 12.1 Å². The summed E-state index contributed by atoms with van der Waals surface area (Å²) in [6, 6.07) is 5.63. The van der Waals surface area contributed by atoms with E-state index in [2.05, 4.69) is 4.40 Å². The van der Waals surface area contributed by atoms with Gasteiger partial charge in [-0.05, 0) is 18.2 Å². The highest BCUT2D eigenvalue weighted by Gasteiger charge is 2.20. The number of ether oxygens (including phenoxy) is 1. The number of nitrogens with zero attached hydrogens (tertiary/aromatic N) is 2. The van der Waals surface area contributed by atoms with E-state index in [9.17, 15) is 18.5 Å². The van der Waals surface area contributed by atoms with Crippen molar-refractivity contribution >= 4 is 68.0 Å². The van der Waals surface area contributed by atoms with Crippen molar-refractivity contribution in [1.29, 1.82) is 0 Å². The van der Waals surface area contributed by atoms with Crippen molar-refractivity contribution in [2.75, 3.05) is 5.88 Å². The number of sulfonamides is 1. The third-order valence-corrected chi connectivity index (χ3v) is 5.42. The van der Waals surface area contributed by atoms with Crippen LogP contribution in [0.3, 0.4) is 0 Å². The molecule has 144 valence electrons. The van der Waals surface area contributed by atoms with Crippen molar-refractivity contribution in [2.24, 2.45) is 10.1 Å². The van der Waals surface area contributed by atoms with Crippen molar-refractivity contribution in [3.8, 4) is 11.5 Å². The number of benzene rings is 2. The van der Waals surface area contributed by atoms with Crippen LogP contribution in [0.2, 0.25) is 15.1 Å². The van der Waals surface area contributed by atoms with E-state index >= 15 is 0 Å². The first-order valence-electron chi connectivity index (χ1n) is 6.81. The van der Waals surface area contributed by atoms with Crippen LogP contribution in [0.1, 0.15) is 0 Å². The first-order chi connectivity index (χ1) is 12.5. The van der Waals surface area contributed by atoms with Crippen molar-refractivity contribution in [3.05, 3.63) is 55.5 Å². The van der Waals surface area contributed by atoms with Gasteiger partial charge in [0.2, 0.25) is 0 Å². The molecule has 0 spiro atoms. The van der Waals surface area contributed by atoms with E-state index in [0.29, 0.717) is 0 Å². The Morgan fingerprint density at radius 2 is 1.74 bits per heavy atom. The fraction of sp³-hybridized carbons (Fsp3) is 0.0714. The van der Waals surface area contributed by atoms with Crippen LogP contribution in [0.15, 0.2) is 39.6 Å². The second-order valence-electron chi connectivity index (χ2n) is 4.88. The van der Waals surface area contributed by atoms with E-state index in [1.807, 2.05) is 0 Å². The maximum Gasteiger partial charge on any atom is 0.284 e. The molecule has 0 unspecified atom stereocenters. The summed E-state index contributed by atoms with van der Waals surface area (Å²) in [5.41, 5.74) is 5.10. The van der Waals surface area contributed by atoms with Crippen molar-refractivity contribution in [2.45, 2.75) is 4.90 Å². The Hall–Kier alpha value is -1.78. The Morgan fingerprint density at radius 3 is 2.22 bits per heavy atom. The van der Waals surface area contributed by atoms with Crippen LogP contribution < -0.4 is 10.5 Å². The summed E-state index contributed by atoms with van der Waals surface area (Å²) >= 11 is 23.5. The maximum absolute atomic E-state index is 12.2. The molecular formula is C14H9Cl4N3O5S. The standard InChI is InChI=1S/C14H9Cl4N3O5S/c15-6-13(19)20-27(24,25)8-4-10(17)14(11(18)5-8)26-12-2-1-7(21(22)23)3-9(12)16/h1-5H,6H2,(H2,19,20). The molecule has 0 radical (unpaired) electrons. The van der Waals surface area contributed by atoms with Crippen LogP contribution in [0.25, 0.3) is 0 Å². The second kappa shape index (κ2) is 8.49. The second-order valence-corrected chi connectivity index (χ2v) is 7.97. The maximum atomic E-state index is 12.2. The lowest BCUT2D eigenvalue weighted by Gasteiger charge is -2.12. The quantitative estimate of drug-likeness (QED) is 0.215. The minimum absolute atomic E-state index is 0.0334. The lowest BCUT2D eigenvalue weighted by atomic mass is 10.3. The Morgan fingerprint density at radius 1 is 1.15 bits per heavy atom. The van der Waals surface area contributed by atoms with Crippen molar-refractivity contribution in [3.63, 3.8) is 0 Å². The van der Waals surface area contributed by atoms with Gasteiger partial charge < -0.3 is 10.5 Å². The number of hydrogen-bond donors (Lipinski definition) is 1. The third kappa shape index (κ3) is 5.14. The third-order valence-electron chi connectivity index (χ3n) is 2.98. The van der Waals surface area contributed by atoms with Gasteiger partial charge in [0.25, 0.3) is 15.7 Å². The molecule has 0 saturated carbocycles. The largest absolute Gasteiger partial charge is 0.453 e. The summed E-state index contributed by atoms with van der Waals surface area (Å²) in [7, 11) is -4.18. The molecule has 0 aliphatic heterocycles. The predicted octanol–water partition coefficient (Wildman–Crippen LogP) is 4.63. The summed E-state index contributed by atoms with van der Waals surface area (Å²) in [6.07, 6.45) is 0. The number of hydrogen-bond acceptors (Lipinski definition) is 5. The van der Waals surface area contributed by atoms with Gasteiger partial charge >= 0.3 is 0 Å². The molecule has 0 saturated heterocycles. The van der Waals surface area contributed by atoms with Crippen LogP contribution >= 0.6 is 46.4 Å². The smallest absolute Gasteiger partial charge is 0.284 e. The highest BCUT2D eigenvalue weighted by molar-refractivity contribution is 7.90. The molecule has 0 bridgehead atoms. The molecule has 0 heterocycles. The average molecular weight is 473 g/mol. The summed E-state index contributed by atoms with van der Waals surface area (Å²) in [5, 5.41) is 10.4. The van der Waals surface area contributed by atoms with Crippen molar-refractivity contribution < 1.29 is 18.1 Å². The van der Waals surface area contributed by atoms with Crippen molar-refractivity contribution in [1.82, 2.24) is 0 Å². The average Bonchev–Trinajstić information content (AvgIpc) is 2.58. The van der Waals surface area contributed by atoms with E-state index in [4.69, 9.17) is 56.9 Å². The summed E-state index contributed by atoms with van der Waals surface area (Å²) in [5.74, 6) is -0.643. The van der Waals surface area contributed by atoms with Gasteiger partial charge in [-0.2, -0.15) is 8.42 Å². The fourth-order valence-corrected chi connectivity index (χ4v) is 3.86. The van der Waals surface area contributed by atoms with E-state index in [1.165, 1.54) is 12.1 Å². The molecule has 0 fully saturated rings. The molecule has 13 heteroatoms. The van der Waals surface area contributed by atoms with Gasteiger partial charge in [0.1, 0.15) is 11.6 Å². The number of halogens is 4. The highest BCUT2D eigenvalue weighted by atomic mass is 35.5. The minimum atomic E-state index is -4.18. The fourth-order valence-electron chi connectivity index (χ4n) is 1.81. The topological polar surface area (TPSA) is 125 Å². The first-order valence-corrected chi connectivity index (χ1v) is 9.92. The van der Waals surface area contributed by atoms with Gasteiger partial charge in [0.05, 0.1) is 30.8 Å². The first kappa shape index (κ1) is 21.5. The molecule has 0 amide bonds. The van der Waals surface area contributed by atoms with Gasteiger partial charge in [0.15, 0.2) is 5.75 Å². The van der Waals surface area contributed by atoms with E-state index < -0.39 is 14.9 Å². The Labute approximate surface area is 173 Å². The molecule has 2 aromatic carbocycles.